The van der Waals surface area contributed by atoms with Crippen LogP contribution >= 0.6 is 0 Å². The zero-order valence-electron chi connectivity index (χ0n) is 24.8. The van der Waals surface area contributed by atoms with Gasteiger partial charge in [0.05, 0.1) is 17.4 Å². The highest BCUT2D eigenvalue weighted by atomic mass is 16.6. The number of phenols is 1. The molecule has 1 heterocycles. The van der Waals surface area contributed by atoms with Crippen LogP contribution in [0.4, 0.5) is 0 Å². The van der Waals surface area contributed by atoms with E-state index >= 15 is 0 Å². The number of ether oxygens (including phenoxy) is 4. The summed E-state index contributed by atoms with van der Waals surface area (Å²) >= 11 is 0. The number of aliphatic hydroxyl groups is 1. The maximum absolute atomic E-state index is 13.7. The summed E-state index contributed by atoms with van der Waals surface area (Å²) in [5.41, 5.74) is -0.656. The SMILES string of the molecule is CCN(C)[C@@H]1Cc2ccc(O)c3c2[C@@]2(C)[C@@H](O3)C(OC(=O)[C@@H](OC(=O)C[C@H](OC(C)=O)C(=O)O)c3ccccc3)=CC[C@@]12O. The summed E-state index contributed by atoms with van der Waals surface area (Å²) in [5.74, 6) is -4.37. The molecule has 0 fully saturated rings. The van der Waals surface area contributed by atoms with Gasteiger partial charge in [-0.15, -0.1) is 0 Å². The van der Waals surface area contributed by atoms with Crippen molar-refractivity contribution in [3.8, 4) is 11.5 Å². The number of carboxylic acid groups (broad SMARTS) is 1. The van der Waals surface area contributed by atoms with Crippen LogP contribution in [-0.2, 0) is 45.2 Å². The first-order valence-electron chi connectivity index (χ1n) is 14.3. The van der Waals surface area contributed by atoms with Crippen molar-refractivity contribution in [2.24, 2.45) is 0 Å². The zero-order valence-corrected chi connectivity index (χ0v) is 24.8. The molecule has 6 atom stereocenters. The fraction of sp³-hybridized carbons (Fsp3) is 0.438. The summed E-state index contributed by atoms with van der Waals surface area (Å²) in [6.45, 7) is 5.50. The molecule has 0 saturated heterocycles. The number of hydrogen-bond acceptors (Lipinski definition) is 11. The topological polar surface area (TPSA) is 169 Å². The van der Waals surface area contributed by atoms with Crippen LogP contribution in [0, 0.1) is 0 Å². The van der Waals surface area contributed by atoms with Crippen molar-refractivity contribution in [2.45, 2.75) is 75.4 Å². The Morgan fingerprint density at radius 3 is 2.45 bits per heavy atom. The van der Waals surface area contributed by atoms with Gasteiger partial charge in [0.2, 0.25) is 12.2 Å². The summed E-state index contributed by atoms with van der Waals surface area (Å²) in [7, 11) is 1.93. The maximum Gasteiger partial charge on any atom is 0.357 e. The van der Waals surface area contributed by atoms with Crippen molar-refractivity contribution < 1.29 is 53.4 Å². The van der Waals surface area contributed by atoms with Crippen molar-refractivity contribution in [3.05, 3.63) is 71.0 Å². The quantitative estimate of drug-likeness (QED) is 0.266. The number of aliphatic carboxylic acids is 1. The monoisotopic (exact) mass is 609 g/mol. The van der Waals surface area contributed by atoms with Gasteiger partial charge >= 0.3 is 23.9 Å². The second kappa shape index (κ2) is 11.6. The molecule has 12 nitrogen and oxygen atoms in total. The number of carbonyl (C=O) groups is 4. The minimum Gasteiger partial charge on any atom is -0.504 e. The van der Waals surface area contributed by atoms with E-state index in [1.807, 2.05) is 27.0 Å². The van der Waals surface area contributed by atoms with Gasteiger partial charge in [0.1, 0.15) is 5.76 Å². The molecule has 12 heteroatoms. The van der Waals surface area contributed by atoms with Gasteiger partial charge in [-0.2, -0.15) is 0 Å². The molecule has 44 heavy (non-hydrogen) atoms. The minimum atomic E-state index is -1.81. The van der Waals surface area contributed by atoms with Crippen molar-refractivity contribution in [3.63, 3.8) is 0 Å². The highest BCUT2D eigenvalue weighted by Gasteiger charge is 2.68. The number of phenolic OH excluding ortho intramolecular Hbond substituents is 1. The lowest BCUT2D eigenvalue weighted by Crippen LogP contribution is -2.69. The van der Waals surface area contributed by atoms with Gasteiger partial charge in [-0.25, -0.2) is 9.59 Å². The molecule has 234 valence electrons. The van der Waals surface area contributed by atoms with E-state index in [2.05, 4.69) is 4.90 Å². The molecule has 0 saturated carbocycles. The third-order valence-electron chi connectivity index (χ3n) is 8.99. The van der Waals surface area contributed by atoms with Crippen LogP contribution in [0.3, 0.4) is 0 Å². The Morgan fingerprint density at radius 1 is 1.11 bits per heavy atom. The Bertz CT molecular complexity index is 1520. The zero-order chi connectivity index (χ0) is 32.0. The van der Waals surface area contributed by atoms with Crippen LogP contribution in [0.15, 0.2) is 54.3 Å². The Morgan fingerprint density at radius 2 is 1.82 bits per heavy atom. The van der Waals surface area contributed by atoms with E-state index in [4.69, 9.17) is 18.9 Å². The number of rotatable bonds is 10. The number of carboxylic acids is 1. The van der Waals surface area contributed by atoms with Crippen LogP contribution in [0.2, 0.25) is 0 Å². The van der Waals surface area contributed by atoms with Gasteiger partial charge < -0.3 is 39.2 Å². The van der Waals surface area contributed by atoms with E-state index in [1.165, 1.54) is 12.1 Å². The number of esters is 3. The fourth-order valence-electron chi connectivity index (χ4n) is 6.66. The minimum absolute atomic E-state index is 0.0730. The normalized spacial score (nSPS) is 26.0. The molecule has 0 spiro atoms. The van der Waals surface area contributed by atoms with E-state index < -0.39 is 59.6 Å². The lowest BCUT2D eigenvalue weighted by molar-refractivity contribution is -0.175. The van der Waals surface area contributed by atoms with Gasteiger partial charge in [0.15, 0.2) is 17.6 Å². The van der Waals surface area contributed by atoms with Crippen molar-refractivity contribution >= 4 is 23.9 Å². The standard InChI is InChI=1S/C32H35NO11/c1-5-33(4)23-15-19-11-12-20(35)27-25(19)31(3)28(44-27)21(13-14-32(23,31)40)42-30(39)26(18-9-7-6-8-10-18)43-24(36)16-22(29(37)38)41-17(2)34/h6-13,22-23,26,28,35,40H,5,14-16H2,1-4H3,(H,37,38)/t22-,23+,26-,28-,31-,32+/m0/s1. The number of carbonyl (C=O) groups excluding carboxylic acids is 3. The Labute approximate surface area is 253 Å². The van der Waals surface area contributed by atoms with E-state index in [0.29, 0.717) is 18.5 Å². The predicted molar refractivity (Wildman–Crippen MR) is 152 cm³/mol. The molecule has 0 aromatic heterocycles. The number of benzene rings is 2. The molecule has 3 N–H and O–H groups in total. The molecule has 0 unspecified atom stereocenters. The van der Waals surface area contributed by atoms with Crippen LogP contribution in [-0.4, -0.2) is 81.5 Å². The molecule has 2 aromatic rings. The van der Waals surface area contributed by atoms with Gasteiger partial charge in [-0.1, -0.05) is 43.3 Å². The predicted octanol–water partition coefficient (Wildman–Crippen LogP) is 2.54. The molecule has 0 bridgehead atoms. The van der Waals surface area contributed by atoms with Gasteiger partial charge in [-0.3, -0.25) is 9.59 Å². The molecule has 0 amide bonds. The van der Waals surface area contributed by atoms with E-state index in [9.17, 15) is 34.5 Å². The van der Waals surface area contributed by atoms with Crippen LogP contribution < -0.4 is 4.74 Å². The smallest absolute Gasteiger partial charge is 0.357 e. The fourth-order valence-corrected chi connectivity index (χ4v) is 6.66. The summed E-state index contributed by atoms with van der Waals surface area (Å²) in [6.07, 6.45) is -3.05. The Hall–Kier alpha value is -4.42. The maximum atomic E-state index is 13.7. The molecular weight excluding hydrogens is 574 g/mol. The third kappa shape index (κ3) is 5.07. The number of nitrogens with zero attached hydrogens (tertiary/aromatic N) is 1. The Kier molecular flexibility index (Phi) is 8.17. The van der Waals surface area contributed by atoms with Crippen molar-refractivity contribution in [2.75, 3.05) is 13.6 Å². The van der Waals surface area contributed by atoms with Gasteiger partial charge in [-0.05, 0) is 44.6 Å². The molecule has 5 rings (SSSR count). The number of aromatic hydroxyl groups is 1. The molecule has 3 aliphatic rings. The third-order valence-corrected chi connectivity index (χ3v) is 8.99. The second-order valence-corrected chi connectivity index (χ2v) is 11.5. The van der Waals surface area contributed by atoms with Gasteiger partial charge in [0, 0.05) is 30.5 Å². The molecule has 0 radical (unpaired) electrons. The van der Waals surface area contributed by atoms with E-state index in [0.717, 1.165) is 12.5 Å². The molecular formula is C32H35NO11. The number of likely N-dealkylation sites (N-methyl/N-ethyl adjacent to an activating group) is 1. The summed E-state index contributed by atoms with van der Waals surface area (Å²) in [5, 5.41) is 32.4. The molecule has 2 aliphatic carbocycles. The first-order valence-corrected chi connectivity index (χ1v) is 14.3. The number of hydrogen-bond donors (Lipinski definition) is 3. The van der Waals surface area contributed by atoms with Crippen molar-refractivity contribution in [1.29, 1.82) is 0 Å². The van der Waals surface area contributed by atoms with E-state index in [1.54, 1.807) is 30.3 Å². The molecule has 1 aliphatic heterocycles. The first kappa shape index (κ1) is 31.0. The summed E-state index contributed by atoms with van der Waals surface area (Å²) < 4.78 is 22.2. The van der Waals surface area contributed by atoms with Crippen molar-refractivity contribution in [1.82, 2.24) is 4.90 Å². The lowest BCUT2D eigenvalue weighted by atomic mass is 9.54. The highest BCUT2D eigenvalue weighted by molar-refractivity contribution is 5.85. The van der Waals surface area contributed by atoms with Crippen LogP contribution in [0.5, 0.6) is 11.5 Å². The van der Waals surface area contributed by atoms with Gasteiger partial charge in [0.25, 0.3) is 0 Å². The van der Waals surface area contributed by atoms with Crippen LogP contribution in [0.25, 0.3) is 0 Å². The van der Waals surface area contributed by atoms with E-state index in [-0.39, 0.29) is 35.3 Å². The summed E-state index contributed by atoms with van der Waals surface area (Å²) in [6, 6.07) is 11.1. The first-order chi connectivity index (χ1) is 20.8. The lowest BCUT2D eigenvalue weighted by Gasteiger charge is -2.56. The highest BCUT2D eigenvalue weighted by Crippen LogP contribution is 2.62. The second-order valence-electron chi connectivity index (χ2n) is 11.5. The largest absolute Gasteiger partial charge is 0.504 e. The Balaban J connectivity index is 1.47. The average molecular weight is 610 g/mol. The molecule has 2 aromatic carbocycles. The average Bonchev–Trinajstić information content (AvgIpc) is 3.32. The van der Waals surface area contributed by atoms with Crippen LogP contribution in [0.1, 0.15) is 56.4 Å². The summed E-state index contributed by atoms with van der Waals surface area (Å²) in [4.78, 5) is 51.4.